The first-order valence-electron chi connectivity index (χ1n) is 9.82. The van der Waals surface area contributed by atoms with Gasteiger partial charge in [-0.25, -0.2) is 4.79 Å². The number of thiol groups is 1. The number of carbonyl (C=O) groups excluding carboxylic acids is 3. The predicted octanol–water partition coefficient (Wildman–Crippen LogP) is 0.141. The zero-order chi connectivity index (χ0) is 22.9. The van der Waals surface area contributed by atoms with Crippen molar-refractivity contribution in [2.75, 3.05) is 5.75 Å². The van der Waals surface area contributed by atoms with Gasteiger partial charge in [0.2, 0.25) is 17.7 Å². The third kappa shape index (κ3) is 9.49. The lowest BCUT2D eigenvalue weighted by atomic mass is 9.98. The minimum atomic E-state index is -1.14. The van der Waals surface area contributed by atoms with Crippen LogP contribution < -0.4 is 21.7 Å². The Hall–Kier alpha value is -1.81. The summed E-state index contributed by atoms with van der Waals surface area (Å²) in [6, 6.07) is -3.75. The lowest BCUT2D eigenvalue weighted by Gasteiger charge is -2.28. The van der Waals surface area contributed by atoms with E-state index in [0.29, 0.717) is 6.42 Å². The van der Waals surface area contributed by atoms with Gasteiger partial charge in [0.05, 0.1) is 6.04 Å². The molecule has 0 bridgehead atoms. The number of amides is 3. The Morgan fingerprint density at radius 3 is 1.69 bits per heavy atom. The summed E-state index contributed by atoms with van der Waals surface area (Å²) in [5, 5.41) is 17.0. The summed E-state index contributed by atoms with van der Waals surface area (Å²) in [6.45, 7) is 10.7. The molecule has 0 fully saturated rings. The van der Waals surface area contributed by atoms with E-state index in [9.17, 15) is 24.3 Å². The molecule has 0 aliphatic heterocycles. The number of rotatable bonds is 12. The van der Waals surface area contributed by atoms with Crippen molar-refractivity contribution in [1.29, 1.82) is 0 Å². The Bertz CT molecular complexity index is 583. The molecular weight excluding hydrogens is 396 g/mol. The molecule has 0 heterocycles. The Balaban J connectivity index is 5.40. The Morgan fingerprint density at radius 1 is 0.828 bits per heavy atom. The molecule has 6 N–H and O–H groups in total. The van der Waals surface area contributed by atoms with Crippen molar-refractivity contribution in [3.05, 3.63) is 0 Å². The van der Waals surface area contributed by atoms with E-state index in [0.717, 1.165) is 0 Å². The van der Waals surface area contributed by atoms with Gasteiger partial charge in [0, 0.05) is 5.75 Å². The standard InChI is InChI=1S/C19H36N4O5S/c1-9(2)7-13(17(25)23-15(11(5)6)19(27)28)21-18(26)14(10(3)4)22-16(24)12(20)8-29/h9-15,29H,7-8,20H2,1-6H3,(H,21,26)(H,22,24)(H,23,25)(H,27,28). The molecule has 4 unspecified atom stereocenters. The van der Waals surface area contributed by atoms with E-state index < -0.39 is 47.9 Å². The highest BCUT2D eigenvalue weighted by molar-refractivity contribution is 7.80. The number of nitrogens with two attached hydrogens (primary N) is 1. The molecule has 0 radical (unpaired) electrons. The number of carbonyl (C=O) groups is 4. The Morgan fingerprint density at radius 2 is 1.31 bits per heavy atom. The molecule has 0 aromatic rings. The summed E-state index contributed by atoms with van der Waals surface area (Å²) in [7, 11) is 0. The molecule has 10 heteroatoms. The van der Waals surface area contributed by atoms with Gasteiger partial charge in [-0.2, -0.15) is 12.6 Å². The van der Waals surface area contributed by atoms with Gasteiger partial charge in [-0.05, 0) is 24.2 Å². The molecule has 0 aromatic carbocycles. The van der Waals surface area contributed by atoms with E-state index in [1.54, 1.807) is 27.7 Å². The first kappa shape index (κ1) is 27.2. The van der Waals surface area contributed by atoms with Crippen molar-refractivity contribution < 1.29 is 24.3 Å². The van der Waals surface area contributed by atoms with Crippen molar-refractivity contribution in [3.63, 3.8) is 0 Å². The van der Waals surface area contributed by atoms with Gasteiger partial charge >= 0.3 is 5.97 Å². The second kappa shape index (κ2) is 12.7. The molecule has 168 valence electrons. The van der Waals surface area contributed by atoms with Gasteiger partial charge < -0.3 is 26.8 Å². The first-order chi connectivity index (χ1) is 13.3. The van der Waals surface area contributed by atoms with Crippen LogP contribution in [0, 0.1) is 17.8 Å². The quantitative estimate of drug-likeness (QED) is 0.241. The average molecular weight is 433 g/mol. The number of hydrogen-bond donors (Lipinski definition) is 6. The van der Waals surface area contributed by atoms with Crippen LogP contribution in [0.15, 0.2) is 0 Å². The number of hydrogen-bond acceptors (Lipinski definition) is 6. The zero-order valence-corrected chi connectivity index (χ0v) is 19.0. The minimum Gasteiger partial charge on any atom is -0.480 e. The van der Waals surface area contributed by atoms with Crippen LogP contribution >= 0.6 is 12.6 Å². The Labute approximate surface area is 178 Å². The van der Waals surface area contributed by atoms with Gasteiger partial charge in [-0.3, -0.25) is 14.4 Å². The van der Waals surface area contributed by atoms with E-state index in [2.05, 4.69) is 28.6 Å². The highest BCUT2D eigenvalue weighted by Gasteiger charge is 2.32. The molecule has 29 heavy (non-hydrogen) atoms. The second-order valence-electron chi connectivity index (χ2n) is 8.28. The van der Waals surface area contributed by atoms with Gasteiger partial charge in [0.1, 0.15) is 18.1 Å². The third-order valence-electron chi connectivity index (χ3n) is 4.35. The third-order valence-corrected chi connectivity index (χ3v) is 4.74. The molecular formula is C19H36N4O5S. The van der Waals surface area contributed by atoms with E-state index in [1.807, 2.05) is 13.8 Å². The highest BCUT2D eigenvalue weighted by atomic mass is 32.1. The molecule has 3 amide bonds. The van der Waals surface area contributed by atoms with E-state index in [-0.39, 0.29) is 23.5 Å². The van der Waals surface area contributed by atoms with Crippen LogP contribution in [0.3, 0.4) is 0 Å². The zero-order valence-electron chi connectivity index (χ0n) is 18.1. The summed E-state index contributed by atoms with van der Waals surface area (Å²) >= 11 is 3.98. The number of nitrogens with one attached hydrogen (secondary N) is 3. The second-order valence-corrected chi connectivity index (χ2v) is 8.64. The SMILES string of the molecule is CC(C)CC(NC(=O)C(NC(=O)C(N)CS)C(C)C)C(=O)NC(C(=O)O)C(C)C. The Kier molecular flexibility index (Phi) is 11.9. The first-order valence-corrected chi connectivity index (χ1v) is 10.4. The molecule has 0 saturated carbocycles. The summed E-state index contributed by atoms with van der Waals surface area (Å²) in [4.78, 5) is 49.0. The van der Waals surface area contributed by atoms with Gasteiger partial charge in [-0.1, -0.05) is 41.5 Å². The van der Waals surface area contributed by atoms with Crippen LogP contribution in [0.25, 0.3) is 0 Å². The average Bonchev–Trinajstić information content (AvgIpc) is 2.60. The van der Waals surface area contributed by atoms with Crippen LogP contribution in [-0.2, 0) is 19.2 Å². The van der Waals surface area contributed by atoms with E-state index in [1.165, 1.54) is 0 Å². The van der Waals surface area contributed by atoms with Gasteiger partial charge in [-0.15, -0.1) is 0 Å². The van der Waals surface area contributed by atoms with E-state index in [4.69, 9.17) is 5.73 Å². The van der Waals surface area contributed by atoms with Gasteiger partial charge in [0.15, 0.2) is 0 Å². The minimum absolute atomic E-state index is 0.0677. The largest absolute Gasteiger partial charge is 0.480 e. The number of carboxylic acid groups (broad SMARTS) is 1. The fourth-order valence-electron chi connectivity index (χ4n) is 2.61. The maximum Gasteiger partial charge on any atom is 0.326 e. The van der Waals surface area contributed by atoms with E-state index >= 15 is 0 Å². The lowest BCUT2D eigenvalue weighted by Crippen LogP contribution is -2.59. The fraction of sp³-hybridized carbons (Fsp3) is 0.789. The molecule has 0 saturated heterocycles. The van der Waals surface area contributed by atoms with Crippen LogP contribution in [0.5, 0.6) is 0 Å². The van der Waals surface area contributed by atoms with Crippen LogP contribution in [0.1, 0.15) is 48.0 Å². The highest BCUT2D eigenvalue weighted by Crippen LogP contribution is 2.10. The fourth-order valence-corrected chi connectivity index (χ4v) is 2.78. The number of aliphatic carboxylic acids is 1. The monoisotopic (exact) mass is 432 g/mol. The summed E-state index contributed by atoms with van der Waals surface area (Å²) in [5.41, 5.74) is 5.65. The molecule has 4 atom stereocenters. The summed E-state index contributed by atoms with van der Waals surface area (Å²) in [5.74, 6) is -3.14. The topological polar surface area (TPSA) is 151 Å². The van der Waals surface area contributed by atoms with Crippen LogP contribution in [0.4, 0.5) is 0 Å². The smallest absolute Gasteiger partial charge is 0.326 e. The van der Waals surface area contributed by atoms with Crippen molar-refractivity contribution in [3.8, 4) is 0 Å². The number of carboxylic acids is 1. The van der Waals surface area contributed by atoms with Crippen LogP contribution in [-0.4, -0.2) is 58.7 Å². The molecule has 0 aliphatic rings. The molecule has 9 nitrogen and oxygen atoms in total. The van der Waals surface area contributed by atoms with Crippen molar-refractivity contribution in [2.24, 2.45) is 23.5 Å². The van der Waals surface area contributed by atoms with Crippen LogP contribution in [0.2, 0.25) is 0 Å². The normalized spacial score (nSPS) is 15.6. The van der Waals surface area contributed by atoms with Gasteiger partial charge in [0.25, 0.3) is 0 Å². The van der Waals surface area contributed by atoms with Crippen molar-refractivity contribution >= 4 is 36.3 Å². The maximum absolute atomic E-state index is 12.8. The summed E-state index contributed by atoms with van der Waals surface area (Å²) < 4.78 is 0. The molecule has 0 spiro atoms. The molecule has 0 rings (SSSR count). The maximum atomic E-state index is 12.8. The van der Waals surface area contributed by atoms with Crippen molar-refractivity contribution in [1.82, 2.24) is 16.0 Å². The summed E-state index contributed by atoms with van der Waals surface area (Å²) in [6.07, 6.45) is 0.316. The molecule has 0 aromatic heterocycles. The van der Waals surface area contributed by atoms with Crippen molar-refractivity contribution in [2.45, 2.75) is 72.1 Å². The lowest BCUT2D eigenvalue weighted by molar-refractivity contribution is -0.143. The predicted molar refractivity (Wildman–Crippen MR) is 114 cm³/mol. The molecule has 0 aliphatic carbocycles.